The average Bonchev–Trinajstić information content (AvgIpc) is 2.37. The molecule has 2 aromatic heterocycles. The minimum atomic E-state index is 0. The monoisotopic (exact) mass is 326 g/mol. The first-order valence-electron chi connectivity index (χ1n) is 7.11. The molecule has 0 radical (unpaired) electrons. The van der Waals surface area contributed by atoms with Gasteiger partial charge in [0.2, 0.25) is 0 Å². The molecule has 0 aliphatic carbocycles. The molecule has 0 aliphatic heterocycles. The molecule has 0 spiro atoms. The van der Waals surface area contributed by atoms with Crippen molar-refractivity contribution in [2.45, 2.75) is 52.4 Å². The zero-order valence-corrected chi connectivity index (χ0v) is 14.7. The average molecular weight is 327 g/mol. The van der Waals surface area contributed by atoms with Gasteiger partial charge < -0.3 is 0 Å². The van der Waals surface area contributed by atoms with Gasteiger partial charge >= 0.3 is 0 Å². The maximum atomic E-state index is 4.48. The Morgan fingerprint density at radius 3 is 1.29 bits per heavy atom. The third-order valence-electron chi connectivity index (χ3n) is 3.51. The summed E-state index contributed by atoms with van der Waals surface area (Å²) in [4.78, 5) is 8.97. The first-order valence-corrected chi connectivity index (χ1v) is 7.11. The van der Waals surface area contributed by atoms with Crippen LogP contribution < -0.4 is 0 Å². The normalized spacial score (nSPS) is 11.9. The second kappa shape index (κ2) is 6.27. The van der Waals surface area contributed by atoms with Gasteiger partial charge in [-0.1, -0.05) is 41.5 Å². The summed E-state index contributed by atoms with van der Waals surface area (Å²) < 4.78 is 0. The molecule has 0 aromatic carbocycles. The summed E-state index contributed by atoms with van der Waals surface area (Å²) in [6.45, 7) is 13.3. The van der Waals surface area contributed by atoms with E-state index in [0.29, 0.717) is 0 Å². The van der Waals surface area contributed by atoms with Crippen LogP contribution in [0.1, 0.15) is 52.7 Å². The molecule has 0 aliphatic rings. The zero-order valence-electron chi connectivity index (χ0n) is 13.7. The predicted molar refractivity (Wildman–Crippen MR) is 84.9 cm³/mol. The van der Waals surface area contributed by atoms with Gasteiger partial charge in [-0.25, -0.2) is 0 Å². The van der Waals surface area contributed by atoms with Gasteiger partial charge in [-0.2, -0.15) is 0 Å². The van der Waals surface area contributed by atoms with Crippen molar-refractivity contribution in [1.29, 1.82) is 0 Å². The van der Waals surface area contributed by atoms with E-state index in [1.54, 1.807) is 0 Å². The van der Waals surface area contributed by atoms with E-state index in [1.165, 1.54) is 11.1 Å². The number of pyridine rings is 2. The molecule has 0 unspecified atom stereocenters. The molecule has 3 heteroatoms. The van der Waals surface area contributed by atoms with Crippen molar-refractivity contribution >= 4 is 0 Å². The fourth-order valence-corrected chi connectivity index (χ4v) is 2.07. The third kappa shape index (κ3) is 4.38. The number of aromatic nitrogens is 2. The van der Waals surface area contributed by atoms with Gasteiger partial charge in [-0.15, -0.1) is 0 Å². The van der Waals surface area contributed by atoms with Crippen LogP contribution in [-0.2, 0) is 27.3 Å². The fourth-order valence-electron chi connectivity index (χ4n) is 2.07. The summed E-state index contributed by atoms with van der Waals surface area (Å²) in [6, 6.07) is 8.46. The molecule has 0 bridgehead atoms. The van der Waals surface area contributed by atoms with Gasteiger partial charge in [-0.05, 0) is 46.2 Å². The van der Waals surface area contributed by atoms with E-state index in [4.69, 9.17) is 0 Å². The van der Waals surface area contributed by atoms with Crippen LogP contribution in [0.3, 0.4) is 0 Å². The van der Waals surface area contributed by atoms with Gasteiger partial charge in [0.05, 0.1) is 11.4 Å². The third-order valence-corrected chi connectivity index (χ3v) is 3.51. The van der Waals surface area contributed by atoms with Gasteiger partial charge in [0.25, 0.3) is 0 Å². The predicted octanol–water partition coefficient (Wildman–Crippen LogP) is 4.74. The molecule has 21 heavy (non-hydrogen) atoms. The van der Waals surface area contributed by atoms with Gasteiger partial charge in [0, 0.05) is 28.9 Å². The number of nitrogens with zero attached hydrogens (tertiary/aromatic N) is 2. The molecular formula is C18H24N2Ni. The van der Waals surface area contributed by atoms with Crippen molar-refractivity contribution in [3.05, 3.63) is 47.8 Å². The Morgan fingerprint density at radius 2 is 1.00 bits per heavy atom. The molecular weight excluding hydrogens is 303 g/mol. The van der Waals surface area contributed by atoms with Crippen molar-refractivity contribution in [1.82, 2.24) is 9.97 Å². The minimum absolute atomic E-state index is 0. The molecule has 2 nitrogen and oxygen atoms in total. The SMILES string of the molecule is CC(C)(C)c1ccnc(-c2cc(C(C)(C)C)ccn2)c1.[Ni]. The van der Waals surface area contributed by atoms with E-state index in [1.807, 2.05) is 12.4 Å². The van der Waals surface area contributed by atoms with E-state index in [2.05, 4.69) is 75.8 Å². The first-order chi connectivity index (χ1) is 9.18. The number of hydrogen-bond donors (Lipinski definition) is 0. The van der Waals surface area contributed by atoms with Gasteiger partial charge in [0.15, 0.2) is 0 Å². The Morgan fingerprint density at radius 1 is 0.667 bits per heavy atom. The van der Waals surface area contributed by atoms with Crippen molar-refractivity contribution < 1.29 is 16.5 Å². The van der Waals surface area contributed by atoms with Gasteiger partial charge in [0.1, 0.15) is 0 Å². The van der Waals surface area contributed by atoms with Crippen LogP contribution in [-0.4, -0.2) is 9.97 Å². The quantitative estimate of drug-likeness (QED) is 0.707. The smallest absolute Gasteiger partial charge is 0.0889 e. The van der Waals surface area contributed by atoms with Crippen molar-refractivity contribution in [3.63, 3.8) is 0 Å². The van der Waals surface area contributed by atoms with Crippen LogP contribution in [0.5, 0.6) is 0 Å². The van der Waals surface area contributed by atoms with Crippen molar-refractivity contribution in [2.75, 3.05) is 0 Å². The Hall–Kier alpha value is -1.21. The number of hydrogen-bond acceptors (Lipinski definition) is 2. The molecule has 116 valence electrons. The summed E-state index contributed by atoms with van der Waals surface area (Å²) in [5.74, 6) is 0. The molecule has 0 saturated heterocycles. The molecule has 0 atom stereocenters. The van der Waals surface area contributed by atoms with Crippen LogP contribution in [0.2, 0.25) is 0 Å². The molecule has 0 amide bonds. The minimum Gasteiger partial charge on any atom is -0.255 e. The van der Waals surface area contributed by atoms with Crippen molar-refractivity contribution in [3.8, 4) is 11.4 Å². The summed E-state index contributed by atoms with van der Waals surface area (Å²) in [5, 5.41) is 0. The van der Waals surface area contributed by atoms with Crippen LogP contribution in [0.15, 0.2) is 36.7 Å². The maximum absolute atomic E-state index is 4.48. The molecule has 0 saturated carbocycles. The van der Waals surface area contributed by atoms with Crippen LogP contribution >= 0.6 is 0 Å². The molecule has 2 aromatic rings. The Bertz CT molecular complexity index is 552. The molecule has 2 rings (SSSR count). The van der Waals surface area contributed by atoms with Crippen LogP contribution in [0.4, 0.5) is 0 Å². The molecule has 0 N–H and O–H groups in total. The largest absolute Gasteiger partial charge is 0.255 e. The number of rotatable bonds is 1. The van der Waals surface area contributed by atoms with E-state index >= 15 is 0 Å². The van der Waals surface area contributed by atoms with E-state index in [0.717, 1.165) is 11.4 Å². The summed E-state index contributed by atoms with van der Waals surface area (Å²) >= 11 is 0. The van der Waals surface area contributed by atoms with Crippen molar-refractivity contribution in [2.24, 2.45) is 0 Å². The van der Waals surface area contributed by atoms with E-state index in [9.17, 15) is 0 Å². The Kier molecular flexibility index (Phi) is 5.33. The molecule has 0 fully saturated rings. The summed E-state index contributed by atoms with van der Waals surface area (Å²) in [5.41, 5.74) is 4.71. The zero-order chi connectivity index (χ0) is 15.0. The van der Waals surface area contributed by atoms with E-state index < -0.39 is 0 Å². The van der Waals surface area contributed by atoms with E-state index in [-0.39, 0.29) is 27.3 Å². The summed E-state index contributed by atoms with van der Waals surface area (Å²) in [6.07, 6.45) is 3.75. The fraction of sp³-hybridized carbons (Fsp3) is 0.444. The van der Waals surface area contributed by atoms with Crippen LogP contribution in [0, 0.1) is 0 Å². The Labute approximate surface area is 138 Å². The second-order valence-electron chi connectivity index (χ2n) is 7.36. The Balaban J connectivity index is 0.00000220. The summed E-state index contributed by atoms with van der Waals surface area (Å²) in [7, 11) is 0. The molecule has 2 heterocycles. The first kappa shape index (κ1) is 17.8. The van der Waals surface area contributed by atoms with Crippen LogP contribution in [0.25, 0.3) is 11.4 Å². The standard InChI is InChI=1S/C18H24N2.Ni/c1-17(2,3)13-7-9-19-15(11-13)16-12-14(8-10-20-16)18(4,5)6;/h7-12H,1-6H3;. The maximum Gasteiger partial charge on any atom is 0.0889 e. The second-order valence-corrected chi connectivity index (χ2v) is 7.36. The topological polar surface area (TPSA) is 25.8 Å². The van der Waals surface area contributed by atoms with Gasteiger partial charge in [-0.3, -0.25) is 9.97 Å².